The number of nitrogens with zero attached hydrogens (tertiary/aromatic N) is 3. The number of hydrogen-bond acceptors (Lipinski definition) is 4. The lowest BCUT2D eigenvalue weighted by Gasteiger charge is -2.20. The number of fused-ring (bicyclic) bond motifs is 1. The van der Waals surface area contributed by atoms with Crippen molar-refractivity contribution >= 4 is 10.8 Å². The second-order valence-corrected chi connectivity index (χ2v) is 7.13. The highest BCUT2D eigenvalue weighted by Crippen LogP contribution is 2.25. The highest BCUT2D eigenvalue weighted by atomic mass is 16.5. The first-order valence-corrected chi connectivity index (χ1v) is 9.38. The molecule has 4 nitrogen and oxygen atoms in total. The van der Waals surface area contributed by atoms with Gasteiger partial charge in [-0.05, 0) is 61.2 Å². The van der Waals surface area contributed by atoms with Crippen molar-refractivity contribution in [2.75, 3.05) is 20.2 Å². The number of benzene rings is 2. The molecular formula is C22H25N3O. The van der Waals surface area contributed by atoms with E-state index >= 15 is 0 Å². The van der Waals surface area contributed by atoms with Gasteiger partial charge in [-0.1, -0.05) is 30.3 Å². The summed E-state index contributed by atoms with van der Waals surface area (Å²) in [6, 6.07) is 17.8. The summed E-state index contributed by atoms with van der Waals surface area (Å²) in [5.74, 6) is 0.534. The molecule has 0 N–H and O–H groups in total. The van der Waals surface area contributed by atoms with Crippen molar-refractivity contribution in [3.63, 3.8) is 0 Å². The van der Waals surface area contributed by atoms with Crippen LogP contribution in [0.1, 0.15) is 25.3 Å². The van der Waals surface area contributed by atoms with Gasteiger partial charge in [0.15, 0.2) is 0 Å². The fourth-order valence-electron chi connectivity index (χ4n) is 3.79. The molecule has 2 heterocycles. The van der Waals surface area contributed by atoms with Gasteiger partial charge in [0, 0.05) is 24.2 Å². The van der Waals surface area contributed by atoms with Crippen molar-refractivity contribution in [2.45, 2.75) is 32.2 Å². The molecule has 1 atom stereocenters. The molecule has 1 aliphatic heterocycles. The van der Waals surface area contributed by atoms with Crippen LogP contribution in [-0.2, 0) is 6.42 Å². The van der Waals surface area contributed by atoms with Gasteiger partial charge in [0.05, 0.1) is 12.8 Å². The standard InChI is InChI=1S/C22H25N3O/c1-16-4-3-12-25(16)13-11-17-5-6-19-15-20(8-7-18(19)14-17)21-9-10-22(26-2)24-23-21/h5-10,14-16H,3-4,11-13H2,1-2H3/t16-/m1/s1. The highest BCUT2D eigenvalue weighted by molar-refractivity contribution is 5.87. The molecule has 0 saturated carbocycles. The Morgan fingerprint density at radius 1 is 1.04 bits per heavy atom. The zero-order valence-corrected chi connectivity index (χ0v) is 15.5. The molecule has 4 rings (SSSR count). The minimum absolute atomic E-state index is 0.534. The summed E-state index contributed by atoms with van der Waals surface area (Å²) in [4.78, 5) is 2.61. The maximum atomic E-state index is 5.08. The smallest absolute Gasteiger partial charge is 0.233 e. The van der Waals surface area contributed by atoms with Gasteiger partial charge in [0.25, 0.3) is 0 Å². The molecule has 2 aromatic carbocycles. The van der Waals surface area contributed by atoms with Crippen molar-refractivity contribution in [1.29, 1.82) is 0 Å². The minimum atomic E-state index is 0.534. The van der Waals surface area contributed by atoms with Crippen LogP contribution in [0, 0.1) is 0 Å². The number of methoxy groups -OCH3 is 1. The zero-order chi connectivity index (χ0) is 17.9. The third-order valence-corrected chi connectivity index (χ3v) is 5.43. The normalized spacial score (nSPS) is 17.7. The molecule has 1 aliphatic rings. The lowest BCUT2D eigenvalue weighted by atomic mass is 10.0. The fourth-order valence-corrected chi connectivity index (χ4v) is 3.79. The number of ether oxygens (including phenoxy) is 1. The van der Waals surface area contributed by atoms with Crippen LogP contribution in [0.2, 0.25) is 0 Å². The van der Waals surface area contributed by atoms with Crippen LogP contribution < -0.4 is 4.74 Å². The Bertz CT molecular complexity index is 892. The average molecular weight is 347 g/mol. The molecule has 0 spiro atoms. The molecule has 0 amide bonds. The van der Waals surface area contributed by atoms with Crippen molar-refractivity contribution in [3.05, 3.63) is 54.1 Å². The Morgan fingerprint density at radius 2 is 1.88 bits per heavy atom. The summed E-state index contributed by atoms with van der Waals surface area (Å²) >= 11 is 0. The predicted molar refractivity (Wildman–Crippen MR) is 105 cm³/mol. The van der Waals surface area contributed by atoms with Gasteiger partial charge in [0.1, 0.15) is 0 Å². The van der Waals surface area contributed by atoms with Crippen LogP contribution in [0.5, 0.6) is 5.88 Å². The Kier molecular flexibility index (Phi) is 4.85. The van der Waals surface area contributed by atoms with Gasteiger partial charge in [-0.25, -0.2) is 0 Å². The third kappa shape index (κ3) is 3.56. The summed E-state index contributed by atoms with van der Waals surface area (Å²) in [6.07, 6.45) is 3.80. The van der Waals surface area contributed by atoms with E-state index in [1.807, 2.05) is 12.1 Å². The van der Waals surface area contributed by atoms with Gasteiger partial charge >= 0.3 is 0 Å². The molecule has 0 radical (unpaired) electrons. The van der Waals surface area contributed by atoms with E-state index in [0.29, 0.717) is 5.88 Å². The maximum Gasteiger partial charge on any atom is 0.233 e. The van der Waals surface area contributed by atoms with E-state index in [2.05, 4.69) is 58.4 Å². The molecule has 0 bridgehead atoms. The Balaban J connectivity index is 1.52. The van der Waals surface area contributed by atoms with Gasteiger partial charge in [-0.2, -0.15) is 0 Å². The summed E-state index contributed by atoms with van der Waals surface area (Å²) in [7, 11) is 1.60. The Morgan fingerprint density at radius 3 is 2.62 bits per heavy atom. The molecular weight excluding hydrogens is 322 g/mol. The second kappa shape index (κ2) is 7.42. The van der Waals surface area contributed by atoms with Crippen LogP contribution in [0.25, 0.3) is 22.0 Å². The first-order chi connectivity index (χ1) is 12.7. The van der Waals surface area contributed by atoms with E-state index in [4.69, 9.17) is 4.74 Å². The van der Waals surface area contributed by atoms with E-state index in [-0.39, 0.29) is 0 Å². The number of likely N-dealkylation sites (tertiary alicyclic amines) is 1. The van der Waals surface area contributed by atoms with Crippen molar-refractivity contribution in [2.24, 2.45) is 0 Å². The van der Waals surface area contributed by atoms with E-state index in [1.54, 1.807) is 7.11 Å². The Hall–Kier alpha value is -2.46. The van der Waals surface area contributed by atoms with Crippen LogP contribution in [-0.4, -0.2) is 41.3 Å². The third-order valence-electron chi connectivity index (χ3n) is 5.43. The van der Waals surface area contributed by atoms with Crippen LogP contribution in [0.3, 0.4) is 0 Å². The fraction of sp³-hybridized carbons (Fsp3) is 0.364. The largest absolute Gasteiger partial charge is 0.480 e. The van der Waals surface area contributed by atoms with Crippen LogP contribution in [0.4, 0.5) is 0 Å². The quantitative estimate of drug-likeness (QED) is 0.688. The number of hydrogen-bond donors (Lipinski definition) is 0. The maximum absolute atomic E-state index is 5.08. The first-order valence-electron chi connectivity index (χ1n) is 9.38. The van der Waals surface area contributed by atoms with Crippen molar-refractivity contribution < 1.29 is 4.74 Å². The molecule has 0 aliphatic carbocycles. The van der Waals surface area contributed by atoms with Gasteiger partial charge in [0.2, 0.25) is 5.88 Å². The van der Waals surface area contributed by atoms with Crippen molar-refractivity contribution in [1.82, 2.24) is 15.1 Å². The van der Waals surface area contributed by atoms with Crippen LogP contribution >= 0.6 is 0 Å². The molecule has 3 aromatic rings. The number of aromatic nitrogens is 2. The molecule has 0 unspecified atom stereocenters. The van der Waals surface area contributed by atoms with E-state index in [1.165, 1.54) is 35.7 Å². The average Bonchev–Trinajstić information content (AvgIpc) is 3.10. The zero-order valence-electron chi connectivity index (χ0n) is 15.5. The lowest BCUT2D eigenvalue weighted by molar-refractivity contribution is 0.272. The minimum Gasteiger partial charge on any atom is -0.480 e. The molecule has 134 valence electrons. The van der Waals surface area contributed by atoms with E-state index < -0.39 is 0 Å². The van der Waals surface area contributed by atoms with Crippen LogP contribution in [0.15, 0.2) is 48.5 Å². The second-order valence-electron chi connectivity index (χ2n) is 7.13. The number of rotatable bonds is 5. The molecule has 1 fully saturated rings. The Labute approximate surface area is 154 Å². The van der Waals surface area contributed by atoms with Gasteiger partial charge in [-0.15, -0.1) is 10.2 Å². The molecule has 26 heavy (non-hydrogen) atoms. The lowest BCUT2D eigenvalue weighted by Crippen LogP contribution is -2.28. The first kappa shape index (κ1) is 17.0. The topological polar surface area (TPSA) is 38.2 Å². The van der Waals surface area contributed by atoms with E-state index in [0.717, 1.165) is 30.3 Å². The summed E-state index contributed by atoms with van der Waals surface area (Å²) < 4.78 is 5.08. The highest BCUT2D eigenvalue weighted by Gasteiger charge is 2.19. The molecule has 4 heteroatoms. The van der Waals surface area contributed by atoms with Gasteiger partial charge in [-0.3, -0.25) is 0 Å². The predicted octanol–water partition coefficient (Wildman–Crippen LogP) is 4.33. The van der Waals surface area contributed by atoms with Crippen molar-refractivity contribution in [3.8, 4) is 17.1 Å². The van der Waals surface area contributed by atoms with E-state index in [9.17, 15) is 0 Å². The SMILES string of the molecule is COc1ccc(-c2ccc3cc(CCN4CCC[C@H]4C)ccc3c2)nn1. The summed E-state index contributed by atoms with van der Waals surface area (Å²) in [5, 5.41) is 10.8. The summed E-state index contributed by atoms with van der Waals surface area (Å²) in [6.45, 7) is 4.75. The monoisotopic (exact) mass is 347 g/mol. The van der Waals surface area contributed by atoms with Gasteiger partial charge < -0.3 is 9.64 Å². The molecule has 1 aromatic heterocycles. The molecule has 1 saturated heterocycles. The summed E-state index contributed by atoms with van der Waals surface area (Å²) in [5.41, 5.74) is 3.35.